The minimum Gasteiger partial charge on any atom is -0.494 e. The topological polar surface area (TPSA) is 38.3 Å². The number of rotatable bonds is 5. The molecule has 6 heteroatoms. The highest BCUT2D eigenvalue weighted by Gasteiger charge is 2.14. The number of hydrogen-bond donors (Lipinski definition) is 1. The third kappa shape index (κ3) is 4.60. The Morgan fingerprint density at radius 3 is 2.61 bits per heavy atom. The van der Waals surface area contributed by atoms with Crippen LogP contribution in [0.5, 0.6) is 5.75 Å². The molecule has 3 nitrogen and oxygen atoms in total. The summed E-state index contributed by atoms with van der Waals surface area (Å²) >= 11 is 11.9. The van der Waals surface area contributed by atoms with Gasteiger partial charge in [-0.1, -0.05) is 35.3 Å². The van der Waals surface area contributed by atoms with Gasteiger partial charge in [-0.15, -0.1) is 0 Å². The highest BCUT2D eigenvalue weighted by Crippen LogP contribution is 2.23. The number of nitrogens with one attached hydrogen (secondary N) is 1. The largest absolute Gasteiger partial charge is 0.494 e. The van der Waals surface area contributed by atoms with Crippen LogP contribution in [-0.4, -0.2) is 13.0 Å². The van der Waals surface area contributed by atoms with Gasteiger partial charge in [0, 0.05) is 10.0 Å². The van der Waals surface area contributed by atoms with E-state index in [1.54, 1.807) is 31.2 Å². The van der Waals surface area contributed by atoms with Crippen molar-refractivity contribution in [3.8, 4) is 5.75 Å². The fourth-order valence-corrected chi connectivity index (χ4v) is 2.64. The molecule has 0 saturated carbocycles. The fourth-order valence-electron chi connectivity index (χ4n) is 2.17. The van der Waals surface area contributed by atoms with Crippen molar-refractivity contribution in [2.45, 2.75) is 19.4 Å². The molecule has 0 fully saturated rings. The van der Waals surface area contributed by atoms with E-state index in [1.807, 2.05) is 0 Å². The van der Waals surface area contributed by atoms with Crippen LogP contribution in [-0.2, 0) is 11.2 Å². The minimum atomic E-state index is -0.466. The molecule has 0 unspecified atom stereocenters. The van der Waals surface area contributed by atoms with E-state index < -0.39 is 5.82 Å². The van der Waals surface area contributed by atoms with Crippen LogP contribution in [0, 0.1) is 5.82 Å². The summed E-state index contributed by atoms with van der Waals surface area (Å²) in [5.41, 5.74) is 1.33. The maximum atomic E-state index is 13.7. The second kappa shape index (κ2) is 7.66. The summed E-state index contributed by atoms with van der Waals surface area (Å²) in [6.45, 7) is 1.78. The van der Waals surface area contributed by atoms with Gasteiger partial charge in [-0.2, -0.15) is 0 Å². The number of ether oxygens (including phenoxy) is 1. The predicted molar refractivity (Wildman–Crippen MR) is 89.7 cm³/mol. The lowest BCUT2D eigenvalue weighted by atomic mass is 10.1. The molecular weight excluding hydrogens is 340 g/mol. The molecule has 0 radical (unpaired) electrons. The zero-order valence-electron chi connectivity index (χ0n) is 12.7. The van der Waals surface area contributed by atoms with E-state index in [1.165, 1.54) is 19.2 Å². The minimum absolute atomic E-state index is 0.124. The molecule has 1 atom stereocenters. The van der Waals surface area contributed by atoms with Crippen LogP contribution in [0.4, 0.5) is 4.39 Å². The molecule has 0 aliphatic rings. The maximum absolute atomic E-state index is 13.7. The summed E-state index contributed by atoms with van der Waals surface area (Å²) in [5, 5.41) is 3.77. The molecule has 0 aliphatic carbocycles. The lowest BCUT2D eigenvalue weighted by molar-refractivity contribution is -0.121. The van der Waals surface area contributed by atoms with Gasteiger partial charge in [-0.25, -0.2) is 4.39 Å². The Morgan fingerprint density at radius 1 is 1.26 bits per heavy atom. The predicted octanol–water partition coefficient (Wildman–Crippen LogP) is 4.56. The van der Waals surface area contributed by atoms with Gasteiger partial charge in [0.25, 0.3) is 0 Å². The van der Waals surface area contributed by atoms with Crippen LogP contribution in [0.3, 0.4) is 0 Å². The molecule has 1 N–H and O–H groups in total. The quantitative estimate of drug-likeness (QED) is 0.853. The van der Waals surface area contributed by atoms with E-state index in [2.05, 4.69) is 5.32 Å². The normalized spacial score (nSPS) is 11.9. The first-order valence-corrected chi connectivity index (χ1v) is 7.73. The standard InChI is InChI=1S/C17H16Cl2FNO2/c1-10(11-4-6-16(23-2)15(20)7-11)21-17(22)8-12-3-5-13(18)9-14(12)19/h3-7,9-10H,8H2,1-2H3,(H,21,22)/t10-/m0/s1. The van der Waals surface area contributed by atoms with Gasteiger partial charge in [0.15, 0.2) is 11.6 Å². The Labute approximate surface area is 144 Å². The molecule has 2 rings (SSSR count). The number of methoxy groups -OCH3 is 1. The van der Waals surface area contributed by atoms with Crippen molar-refractivity contribution >= 4 is 29.1 Å². The average molecular weight is 356 g/mol. The lowest BCUT2D eigenvalue weighted by Crippen LogP contribution is -2.28. The lowest BCUT2D eigenvalue weighted by Gasteiger charge is -2.15. The van der Waals surface area contributed by atoms with Crippen LogP contribution in [0.2, 0.25) is 10.0 Å². The molecule has 1 amide bonds. The molecule has 122 valence electrons. The number of amides is 1. The fraction of sp³-hybridized carbons (Fsp3) is 0.235. The number of carbonyl (C=O) groups is 1. The highest BCUT2D eigenvalue weighted by molar-refractivity contribution is 6.35. The Kier molecular flexibility index (Phi) is 5.85. The van der Waals surface area contributed by atoms with Gasteiger partial charge in [-0.05, 0) is 42.3 Å². The Balaban J connectivity index is 2.03. The van der Waals surface area contributed by atoms with Gasteiger partial charge in [0.05, 0.1) is 19.6 Å². The van der Waals surface area contributed by atoms with E-state index in [-0.39, 0.29) is 24.1 Å². The molecular formula is C17H16Cl2FNO2. The van der Waals surface area contributed by atoms with Gasteiger partial charge >= 0.3 is 0 Å². The summed E-state index contributed by atoms with van der Waals surface area (Å²) in [5.74, 6) is -0.509. The number of carbonyl (C=O) groups excluding carboxylic acids is 1. The molecule has 0 saturated heterocycles. The molecule has 23 heavy (non-hydrogen) atoms. The van der Waals surface area contributed by atoms with Gasteiger partial charge in [-0.3, -0.25) is 4.79 Å². The Morgan fingerprint density at radius 2 is 2.00 bits per heavy atom. The summed E-state index contributed by atoms with van der Waals surface area (Å²) in [7, 11) is 1.40. The maximum Gasteiger partial charge on any atom is 0.224 e. The van der Waals surface area contributed by atoms with Gasteiger partial charge in [0.2, 0.25) is 5.91 Å². The van der Waals surface area contributed by atoms with Crippen LogP contribution < -0.4 is 10.1 Å². The number of hydrogen-bond acceptors (Lipinski definition) is 2. The first-order valence-electron chi connectivity index (χ1n) is 6.97. The molecule has 0 bridgehead atoms. The van der Waals surface area contributed by atoms with E-state index >= 15 is 0 Å². The second-order valence-electron chi connectivity index (χ2n) is 5.10. The van der Waals surface area contributed by atoms with Crippen molar-refractivity contribution in [2.75, 3.05) is 7.11 Å². The Bertz CT molecular complexity index is 722. The number of benzene rings is 2. The van der Waals surface area contributed by atoms with Crippen molar-refractivity contribution in [3.63, 3.8) is 0 Å². The van der Waals surface area contributed by atoms with Crippen LogP contribution >= 0.6 is 23.2 Å². The first kappa shape index (κ1) is 17.6. The smallest absolute Gasteiger partial charge is 0.224 e. The zero-order chi connectivity index (χ0) is 17.0. The van der Waals surface area contributed by atoms with Crippen LogP contribution in [0.25, 0.3) is 0 Å². The van der Waals surface area contributed by atoms with Gasteiger partial charge in [0.1, 0.15) is 0 Å². The Hall–Kier alpha value is -1.78. The van der Waals surface area contributed by atoms with E-state index in [4.69, 9.17) is 27.9 Å². The molecule has 0 heterocycles. The SMILES string of the molecule is COc1ccc([C@H](C)NC(=O)Cc2ccc(Cl)cc2Cl)cc1F. The molecule has 0 spiro atoms. The van der Waals surface area contributed by atoms with Crippen molar-refractivity contribution < 1.29 is 13.9 Å². The molecule has 0 aliphatic heterocycles. The summed E-state index contributed by atoms with van der Waals surface area (Å²) < 4.78 is 18.6. The van der Waals surface area contributed by atoms with Crippen molar-refractivity contribution in [2.24, 2.45) is 0 Å². The monoisotopic (exact) mass is 355 g/mol. The third-order valence-electron chi connectivity index (χ3n) is 3.42. The molecule has 2 aromatic rings. The third-order valence-corrected chi connectivity index (χ3v) is 4.01. The van der Waals surface area contributed by atoms with Crippen LogP contribution in [0.15, 0.2) is 36.4 Å². The van der Waals surface area contributed by atoms with Gasteiger partial charge < -0.3 is 10.1 Å². The van der Waals surface area contributed by atoms with Crippen molar-refractivity contribution in [1.82, 2.24) is 5.32 Å². The summed E-state index contributed by atoms with van der Waals surface area (Å²) in [4.78, 5) is 12.1. The molecule has 0 aromatic heterocycles. The molecule has 2 aromatic carbocycles. The van der Waals surface area contributed by atoms with E-state index in [0.717, 1.165) is 0 Å². The summed E-state index contributed by atoms with van der Waals surface area (Å²) in [6, 6.07) is 9.23. The first-order chi connectivity index (χ1) is 10.9. The van der Waals surface area contributed by atoms with Crippen LogP contribution in [0.1, 0.15) is 24.1 Å². The van der Waals surface area contributed by atoms with Crippen molar-refractivity contribution in [1.29, 1.82) is 0 Å². The average Bonchev–Trinajstić information content (AvgIpc) is 2.50. The zero-order valence-corrected chi connectivity index (χ0v) is 14.2. The van der Waals surface area contributed by atoms with Crippen molar-refractivity contribution in [3.05, 3.63) is 63.4 Å². The summed E-state index contributed by atoms with van der Waals surface area (Å²) in [6.07, 6.45) is 0.124. The highest BCUT2D eigenvalue weighted by atomic mass is 35.5. The second-order valence-corrected chi connectivity index (χ2v) is 5.94. The van der Waals surface area contributed by atoms with E-state index in [0.29, 0.717) is 21.2 Å². The number of halogens is 3. The van der Waals surface area contributed by atoms with E-state index in [9.17, 15) is 9.18 Å².